The van der Waals surface area contributed by atoms with Crippen molar-refractivity contribution in [3.63, 3.8) is 0 Å². The van der Waals surface area contributed by atoms with Crippen molar-refractivity contribution in [2.45, 2.75) is 45.1 Å². The molecular formula is C18H22ClN3O2. The van der Waals surface area contributed by atoms with Crippen molar-refractivity contribution in [3.8, 4) is 5.69 Å². The zero-order valence-corrected chi connectivity index (χ0v) is 14.6. The number of nitrogens with one attached hydrogen (secondary N) is 1. The molecule has 5 nitrogen and oxygen atoms in total. The van der Waals surface area contributed by atoms with Gasteiger partial charge in [0.25, 0.3) is 5.91 Å². The molecule has 24 heavy (non-hydrogen) atoms. The van der Waals surface area contributed by atoms with Crippen molar-refractivity contribution in [1.82, 2.24) is 9.78 Å². The SMILES string of the molecule is Cc1cc(NC(=O)COC2CCCCC2)n(-c2cccc(Cl)c2)n1. The smallest absolute Gasteiger partial charge is 0.251 e. The second kappa shape index (κ2) is 7.81. The van der Waals surface area contributed by atoms with E-state index in [1.54, 1.807) is 10.7 Å². The van der Waals surface area contributed by atoms with Crippen LogP contribution in [0, 0.1) is 6.92 Å². The van der Waals surface area contributed by atoms with Gasteiger partial charge in [0.15, 0.2) is 0 Å². The Morgan fingerprint density at radius 1 is 1.33 bits per heavy atom. The fourth-order valence-corrected chi connectivity index (χ4v) is 3.18. The van der Waals surface area contributed by atoms with Crippen molar-refractivity contribution in [2.75, 3.05) is 11.9 Å². The van der Waals surface area contributed by atoms with Gasteiger partial charge in [-0.25, -0.2) is 4.68 Å². The zero-order chi connectivity index (χ0) is 16.9. The lowest BCUT2D eigenvalue weighted by atomic mass is 9.98. The number of aromatic nitrogens is 2. The van der Waals surface area contributed by atoms with Gasteiger partial charge < -0.3 is 10.1 Å². The van der Waals surface area contributed by atoms with E-state index in [0.29, 0.717) is 10.8 Å². The summed E-state index contributed by atoms with van der Waals surface area (Å²) in [5.74, 6) is 0.454. The van der Waals surface area contributed by atoms with E-state index in [-0.39, 0.29) is 18.6 Å². The first-order valence-electron chi connectivity index (χ1n) is 8.36. The highest BCUT2D eigenvalue weighted by Crippen LogP contribution is 2.21. The van der Waals surface area contributed by atoms with Gasteiger partial charge >= 0.3 is 0 Å². The van der Waals surface area contributed by atoms with Crippen molar-refractivity contribution in [1.29, 1.82) is 0 Å². The fourth-order valence-electron chi connectivity index (χ4n) is 3.00. The molecule has 1 amide bonds. The second-order valence-corrected chi connectivity index (χ2v) is 6.62. The van der Waals surface area contributed by atoms with Crippen molar-refractivity contribution in [2.24, 2.45) is 0 Å². The van der Waals surface area contributed by atoms with E-state index in [0.717, 1.165) is 24.2 Å². The summed E-state index contributed by atoms with van der Waals surface area (Å²) in [6, 6.07) is 9.19. The van der Waals surface area contributed by atoms with Gasteiger partial charge in [-0.1, -0.05) is 36.9 Å². The number of benzene rings is 1. The maximum atomic E-state index is 12.2. The molecule has 1 aromatic carbocycles. The Morgan fingerprint density at radius 2 is 2.12 bits per heavy atom. The predicted octanol–water partition coefficient (Wildman–Crippen LogP) is 4.12. The van der Waals surface area contributed by atoms with Crippen LogP contribution in [0.15, 0.2) is 30.3 Å². The van der Waals surface area contributed by atoms with Gasteiger partial charge in [0.1, 0.15) is 12.4 Å². The second-order valence-electron chi connectivity index (χ2n) is 6.18. The Bertz CT molecular complexity index is 708. The van der Waals surface area contributed by atoms with Gasteiger partial charge in [-0.15, -0.1) is 0 Å². The van der Waals surface area contributed by atoms with Crippen LogP contribution in [0.5, 0.6) is 0 Å². The summed E-state index contributed by atoms with van der Waals surface area (Å²) in [6.07, 6.45) is 5.95. The van der Waals surface area contributed by atoms with E-state index in [9.17, 15) is 4.79 Å². The van der Waals surface area contributed by atoms with E-state index in [1.165, 1.54) is 19.3 Å². The number of amides is 1. The molecule has 2 aromatic rings. The largest absolute Gasteiger partial charge is 0.368 e. The Kier molecular flexibility index (Phi) is 5.53. The molecular weight excluding hydrogens is 326 g/mol. The Labute approximate surface area is 147 Å². The topological polar surface area (TPSA) is 56.1 Å². The third kappa shape index (κ3) is 4.36. The van der Waals surface area contributed by atoms with Gasteiger partial charge in [-0.2, -0.15) is 5.10 Å². The molecule has 0 unspecified atom stereocenters. The van der Waals surface area contributed by atoms with E-state index in [2.05, 4.69) is 10.4 Å². The van der Waals surface area contributed by atoms with Crippen LogP contribution in [0.2, 0.25) is 5.02 Å². The molecule has 1 saturated carbocycles. The number of halogens is 1. The minimum atomic E-state index is -0.163. The highest BCUT2D eigenvalue weighted by atomic mass is 35.5. The summed E-state index contributed by atoms with van der Waals surface area (Å²) in [4.78, 5) is 12.2. The average Bonchev–Trinajstić information content (AvgIpc) is 2.94. The maximum absolute atomic E-state index is 12.2. The number of carbonyl (C=O) groups excluding carboxylic acids is 1. The van der Waals surface area contributed by atoms with Crippen molar-refractivity contribution in [3.05, 3.63) is 41.0 Å². The summed E-state index contributed by atoms with van der Waals surface area (Å²) in [5.41, 5.74) is 1.62. The predicted molar refractivity (Wildman–Crippen MR) is 94.8 cm³/mol. The molecule has 0 aliphatic heterocycles. The van der Waals surface area contributed by atoms with Crippen LogP contribution in [0.3, 0.4) is 0 Å². The van der Waals surface area contributed by atoms with Crippen LogP contribution in [0.4, 0.5) is 5.82 Å². The summed E-state index contributed by atoms with van der Waals surface area (Å²) in [6.45, 7) is 1.96. The molecule has 0 bridgehead atoms. The van der Waals surface area contributed by atoms with Gasteiger partial charge in [0.05, 0.1) is 17.5 Å². The normalized spacial score (nSPS) is 15.4. The Morgan fingerprint density at radius 3 is 2.88 bits per heavy atom. The number of nitrogens with zero attached hydrogens (tertiary/aromatic N) is 2. The van der Waals surface area contributed by atoms with E-state index in [1.807, 2.05) is 31.2 Å². The zero-order valence-electron chi connectivity index (χ0n) is 13.8. The van der Waals surface area contributed by atoms with E-state index >= 15 is 0 Å². The molecule has 1 aliphatic rings. The molecule has 0 atom stereocenters. The van der Waals surface area contributed by atoms with Crippen molar-refractivity contribution >= 4 is 23.3 Å². The highest BCUT2D eigenvalue weighted by Gasteiger charge is 2.16. The monoisotopic (exact) mass is 347 g/mol. The molecule has 1 N–H and O–H groups in total. The first kappa shape index (κ1) is 17.0. The Hall–Kier alpha value is -1.85. The lowest BCUT2D eigenvalue weighted by molar-refractivity contribution is -0.123. The number of anilines is 1. The number of rotatable bonds is 5. The molecule has 128 valence electrons. The van der Waals surface area contributed by atoms with Crippen LogP contribution in [-0.2, 0) is 9.53 Å². The molecule has 6 heteroatoms. The minimum absolute atomic E-state index is 0.0738. The summed E-state index contributed by atoms with van der Waals surface area (Å²) in [5, 5.41) is 7.93. The maximum Gasteiger partial charge on any atom is 0.251 e. The quantitative estimate of drug-likeness (QED) is 0.885. The summed E-state index contributed by atoms with van der Waals surface area (Å²) < 4.78 is 7.41. The van der Waals surface area contributed by atoms with E-state index in [4.69, 9.17) is 16.3 Å². The lowest BCUT2D eigenvalue weighted by Gasteiger charge is -2.21. The first-order chi connectivity index (χ1) is 11.6. The summed E-state index contributed by atoms with van der Waals surface area (Å²) >= 11 is 6.05. The first-order valence-corrected chi connectivity index (χ1v) is 8.74. The third-order valence-corrected chi connectivity index (χ3v) is 4.39. The number of carbonyl (C=O) groups is 1. The number of ether oxygens (including phenoxy) is 1. The van der Waals surface area contributed by atoms with Gasteiger partial charge in [-0.3, -0.25) is 4.79 Å². The fraction of sp³-hybridized carbons (Fsp3) is 0.444. The molecule has 1 aromatic heterocycles. The number of aryl methyl sites for hydroxylation is 1. The van der Waals surface area contributed by atoms with Gasteiger partial charge in [0.2, 0.25) is 0 Å². The van der Waals surface area contributed by atoms with Crippen molar-refractivity contribution < 1.29 is 9.53 Å². The van der Waals surface area contributed by atoms with Gasteiger partial charge in [-0.05, 0) is 38.0 Å². The van der Waals surface area contributed by atoms with Crippen LogP contribution >= 0.6 is 11.6 Å². The molecule has 1 heterocycles. The highest BCUT2D eigenvalue weighted by molar-refractivity contribution is 6.30. The molecule has 0 saturated heterocycles. The van der Waals surface area contributed by atoms with Crippen LogP contribution in [-0.4, -0.2) is 28.4 Å². The van der Waals surface area contributed by atoms with Crippen LogP contribution in [0.1, 0.15) is 37.8 Å². The Balaban J connectivity index is 1.65. The lowest BCUT2D eigenvalue weighted by Crippen LogP contribution is -2.25. The third-order valence-electron chi connectivity index (χ3n) is 4.15. The average molecular weight is 348 g/mol. The van der Waals surface area contributed by atoms with Gasteiger partial charge in [0, 0.05) is 11.1 Å². The molecule has 0 radical (unpaired) electrons. The molecule has 3 rings (SSSR count). The van der Waals surface area contributed by atoms with Crippen LogP contribution < -0.4 is 5.32 Å². The number of hydrogen-bond donors (Lipinski definition) is 1. The van der Waals surface area contributed by atoms with Crippen LogP contribution in [0.25, 0.3) is 5.69 Å². The summed E-state index contributed by atoms with van der Waals surface area (Å²) in [7, 11) is 0. The molecule has 0 spiro atoms. The van der Waals surface area contributed by atoms with E-state index < -0.39 is 0 Å². The number of hydrogen-bond acceptors (Lipinski definition) is 3. The molecule has 1 aliphatic carbocycles. The minimum Gasteiger partial charge on any atom is -0.368 e. The standard InChI is InChI=1S/C18H22ClN3O2/c1-13-10-17(22(21-13)15-7-5-6-14(19)11-15)20-18(23)12-24-16-8-3-2-4-9-16/h5-7,10-11,16H,2-4,8-9,12H2,1H3,(H,20,23). The molecule has 1 fully saturated rings.